The predicted octanol–water partition coefficient (Wildman–Crippen LogP) is 3.83. The fourth-order valence-corrected chi connectivity index (χ4v) is 2.09. The molecular formula is C18H22N2O2. The number of nitrogens with one attached hydrogen (secondary N) is 2. The standard InChI is InChI=1S/C18H22N2O2/c1-4-22-16-11-9-15(10-12-16)20-18(21)14(3)19-17-8-6-5-7-13(17)2/h5-12,14,19H,4H2,1-3H3,(H,20,21). The second-order valence-corrected chi connectivity index (χ2v) is 5.13. The van der Waals surface area contributed by atoms with Crippen LogP contribution in [0.3, 0.4) is 0 Å². The van der Waals surface area contributed by atoms with E-state index in [4.69, 9.17) is 4.74 Å². The number of ether oxygens (including phenoxy) is 1. The van der Waals surface area contributed by atoms with E-state index in [2.05, 4.69) is 10.6 Å². The second-order valence-electron chi connectivity index (χ2n) is 5.13. The van der Waals surface area contributed by atoms with Gasteiger partial charge in [-0.15, -0.1) is 0 Å². The van der Waals surface area contributed by atoms with Crippen molar-refractivity contribution in [2.45, 2.75) is 26.8 Å². The molecule has 4 nitrogen and oxygen atoms in total. The Kier molecular flexibility index (Phi) is 5.42. The molecule has 2 aromatic rings. The summed E-state index contributed by atoms with van der Waals surface area (Å²) in [6.45, 7) is 6.42. The number of aryl methyl sites for hydroxylation is 1. The molecule has 0 aliphatic carbocycles. The van der Waals surface area contributed by atoms with Crippen LogP contribution in [0.2, 0.25) is 0 Å². The predicted molar refractivity (Wildman–Crippen MR) is 90.5 cm³/mol. The normalized spacial score (nSPS) is 11.6. The molecule has 0 aromatic heterocycles. The summed E-state index contributed by atoms with van der Waals surface area (Å²) in [5.74, 6) is 0.721. The van der Waals surface area contributed by atoms with Crippen LogP contribution < -0.4 is 15.4 Å². The number of benzene rings is 2. The van der Waals surface area contributed by atoms with E-state index >= 15 is 0 Å². The summed E-state index contributed by atoms with van der Waals surface area (Å²) in [4.78, 5) is 12.2. The van der Waals surface area contributed by atoms with E-state index < -0.39 is 0 Å². The molecule has 22 heavy (non-hydrogen) atoms. The van der Waals surface area contributed by atoms with Gasteiger partial charge in [-0.1, -0.05) is 18.2 Å². The maximum absolute atomic E-state index is 12.2. The maximum atomic E-state index is 12.2. The van der Waals surface area contributed by atoms with Crippen LogP contribution in [0.1, 0.15) is 19.4 Å². The van der Waals surface area contributed by atoms with Crippen LogP contribution in [0.5, 0.6) is 5.75 Å². The molecule has 116 valence electrons. The van der Waals surface area contributed by atoms with Crippen LogP contribution in [0, 0.1) is 6.92 Å². The number of carbonyl (C=O) groups excluding carboxylic acids is 1. The molecule has 4 heteroatoms. The summed E-state index contributed by atoms with van der Waals surface area (Å²) in [7, 11) is 0. The number of rotatable bonds is 6. The number of anilines is 2. The van der Waals surface area contributed by atoms with Crippen LogP contribution in [0.25, 0.3) is 0 Å². The molecule has 1 atom stereocenters. The first-order chi connectivity index (χ1) is 10.6. The average Bonchev–Trinajstić information content (AvgIpc) is 2.51. The lowest BCUT2D eigenvalue weighted by molar-refractivity contribution is -0.116. The Labute approximate surface area is 131 Å². The van der Waals surface area contributed by atoms with E-state index in [1.165, 1.54) is 0 Å². The van der Waals surface area contributed by atoms with Gasteiger partial charge < -0.3 is 15.4 Å². The molecule has 0 heterocycles. The summed E-state index contributed by atoms with van der Waals surface area (Å²) in [6.07, 6.45) is 0. The Morgan fingerprint density at radius 1 is 1.14 bits per heavy atom. The zero-order chi connectivity index (χ0) is 15.9. The Bertz CT molecular complexity index is 623. The molecule has 2 aromatic carbocycles. The number of carbonyl (C=O) groups is 1. The van der Waals surface area contributed by atoms with Gasteiger partial charge in [0.25, 0.3) is 0 Å². The maximum Gasteiger partial charge on any atom is 0.246 e. The molecule has 0 spiro atoms. The van der Waals surface area contributed by atoms with E-state index in [1.54, 1.807) is 0 Å². The van der Waals surface area contributed by atoms with Gasteiger partial charge in [-0.2, -0.15) is 0 Å². The number of para-hydroxylation sites is 1. The topological polar surface area (TPSA) is 50.4 Å². The highest BCUT2D eigenvalue weighted by Crippen LogP contribution is 2.17. The number of amides is 1. The van der Waals surface area contributed by atoms with Crippen molar-refractivity contribution in [3.63, 3.8) is 0 Å². The molecule has 0 radical (unpaired) electrons. The third-order valence-corrected chi connectivity index (χ3v) is 3.34. The van der Waals surface area contributed by atoms with Crippen molar-refractivity contribution >= 4 is 17.3 Å². The number of hydrogen-bond acceptors (Lipinski definition) is 3. The summed E-state index contributed by atoms with van der Waals surface area (Å²) < 4.78 is 5.38. The summed E-state index contributed by atoms with van der Waals surface area (Å²) in [5, 5.41) is 6.12. The lowest BCUT2D eigenvalue weighted by Gasteiger charge is -2.17. The highest BCUT2D eigenvalue weighted by Gasteiger charge is 2.13. The fraction of sp³-hybridized carbons (Fsp3) is 0.278. The van der Waals surface area contributed by atoms with Gasteiger partial charge in [0.1, 0.15) is 11.8 Å². The van der Waals surface area contributed by atoms with E-state index in [9.17, 15) is 4.79 Å². The molecule has 0 bridgehead atoms. The van der Waals surface area contributed by atoms with E-state index in [0.29, 0.717) is 6.61 Å². The monoisotopic (exact) mass is 298 g/mol. The van der Waals surface area contributed by atoms with Gasteiger partial charge in [-0.25, -0.2) is 0 Å². The van der Waals surface area contributed by atoms with Crippen LogP contribution in [-0.2, 0) is 4.79 Å². The fourth-order valence-electron chi connectivity index (χ4n) is 2.09. The smallest absolute Gasteiger partial charge is 0.246 e. The van der Waals surface area contributed by atoms with E-state index in [-0.39, 0.29) is 11.9 Å². The van der Waals surface area contributed by atoms with Gasteiger partial charge in [-0.3, -0.25) is 4.79 Å². The zero-order valence-electron chi connectivity index (χ0n) is 13.2. The van der Waals surface area contributed by atoms with Crippen molar-refractivity contribution < 1.29 is 9.53 Å². The van der Waals surface area contributed by atoms with Gasteiger partial charge in [0.2, 0.25) is 5.91 Å². The third kappa shape index (κ3) is 4.25. The van der Waals surface area contributed by atoms with Gasteiger partial charge in [0.05, 0.1) is 6.61 Å². The van der Waals surface area contributed by atoms with Gasteiger partial charge >= 0.3 is 0 Å². The Balaban J connectivity index is 1.95. The third-order valence-electron chi connectivity index (χ3n) is 3.34. The molecule has 0 saturated heterocycles. The van der Waals surface area contributed by atoms with Crippen molar-refractivity contribution in [2.75, 3.05) is 17.2 Å². The van der Waals surface area contributed by atoms with Gasteiger partial charge in [0, 0.05) is 11.4 Å². The van der Waals surface area contributed by atoms with Crippen molar-refractivity contribution in [3.05, 3.63) is 54.1 Å². The molecular weight excluding hydrogens is 276 g/mol. The summed E-state index contributed by atoms with van der Waals surface area (Å²) in [5.41, 5.74) is 2.84. The van der Waals surface area contributed by atoms with E-state index in [1.807, 2.05) is 69.3 Å². The zero-order valence-corrected chi connectivity index (χ0v) is 13.2. The van der Waals surface area contributed by atoms with Crippen molar-refractivity contribution in [2.24, 2.45) is 0 Å². The van der Waals surface area contributed by atoms with Crippen LogP contribution in [0.4, 0.5) is 11.4 Å². The first kappa shape index (κ1) is 15.9. The lowest BCUT2D eigenvalue weighted by Crippen LogP contribution is -2.32. The largest absolute Gasteiger partial charge is 0.494 e. The highest BCUT2D eigenvalue weighted by molar-refractivity contribution is 5.96. The molecule has 0 fully saturated rings. The molecule has 2 N–H and O–H groups in total. The molecule has 1 unspecified atom stereocenters. The van der Waals surface area contributed by atoms with Crippen LogP contribution in [-0.4, -0.2) is 18.6 Å². The lowest BCUT2D eigenvalue weighted by atomic mass is 10.2. The first-order valence-corrected chi connectivity index (χ1v) is 7.46. The highest BCUT2D eigenvalue weighted by atomic mass is 16.5. The average molecular weight is 298 g/mol. The van der Waals surface area contributed by atoms with Crippen molar-refractivity contribution in [1.82, 2.24) is 0 Å². The first-order valence-electron chi connectivity index (χ1n) is 7.46. The Morgan fingerprint density at radius 3 is 2.45 bits per heavy atom. The SMILES string of the molecule is CCOc1ccc(NC(=O)C(C)Nc2ccccc2C)cc1. The van der Waals surface area contributed by atoms with Crippen molar-refractivity contribution in [3.8, 4) is 5.75 Å². The minimum absolute atomic E-state index is 0.0765. The van der Waals surface area contributed by atoms with Crippen LogP contribution >= 0.6 is 0 Å². The van der Waals surface area contributed by atoms with Gasteiger partial charge in [0.15, 0.2) is 0 Å². The van der Waals surface area contributed by atoms with Crippen molar-refractivity contribution in [1.29, 1.82) is 0 Å². The number of hydrogen-bond donors (Lipinski definition) is 2. The molecule has 0 aliphatic rings. The minimum Gasteiger partial charge on any atom is -0.494 e. The summed E-state index contributed by atoms with van der Waals surface area (Å²) >= 11 is 0. The Morgan fingerprint density at radius 2 is 1.82 bits per heavy atom. The molecule has 2 rings (SSSR count). The van der Waals surface area contributed by atoms with Crippen LogP contribution in [0.15, 0.2) is 48.5 Å². The summed E-state index contributed by atoms with van der Waals surface area (Å²) in [6, 6.07) is 14.9. The second kappa shape index (κ2) is 7.50. The van der Waals surface area contributed by atoms with E-state index in [0.717, 1.165) is 22.7 Å². The Hall–Kier alpha value is -2.49. The molecule has 0 aliphatic heterocycles. The quantitative estimate of drug-likeness (QED) is 0.852. The molecule has 0 saturated carbocycles. The molecule has 1 amide bonds. The van der Waals surface area contributed by atoms with Gasteiger partial charge in [-0.05, 0) is 56.7 Å². The minimum atomic E-state index is -0.326.